The number of oxime groups is 1. The summed E-state index contributed by atoms with van der Waals surface area (Å²) in [6.07, 6.45) is 3.34. The van der Waals surface area contributed by atoms with E-state index in [-0.39, 0.29) is 40.4 Å². The Bertz CT molecular complexity index is 1170. The summed E-state index contributed by atoms with van der Waals surface area (Å²) in [5.74, 6) is -1.61. The van der Waals surface area contributed by atoms with Gasteiger partial charge in [0.1, 0.15) is 42.4 Å². The fourth-order valence-electron chi connectivity index (χ4n) is 3.29. The molecule has 2 amide bonds. The lowest BCUT2D eigenvalue weighted by atomic mass is 10.0. The largest absolute Gasteiger partial charge is 0.487 e. The van der Waals surface area contributed by atoms with Crippen LogP contribution >= 0.6 is 23.1 Å². The SMILES string of the molecule is CO/N=C(\C(=O)N[C@@H]1C(=O)N2C(C(=O)O)=C(OCc3nccn3C)CS[C@H]12)c1csc(N)n1. The predicted octanol–water partition coefficient (Wildman–Crippen LogP) is -0.278. The van der Waals surface area contributed by atoms with E-state index >= 15 is 0 Å². The molecule has 2 aromatic rings. The number of hydrogen-bond donors (Lipinski definition) is 3. The van der Waals surface area contributed by atoms with E-state index in [2.05, 4.69) is 20.4 Å². The molecule has 0 spiro atoms. The molecule has 0 bridgehead atoms. The number of hydrogen-bond acceptors (Lipinski definition) is 11. The third-order valence-electron chi connectivity index (χ3n) is 4.88. The molecule has 0 aromatic carbocycles. The number of thioether (sulfide) groups is 1. The van der Waals surface area contributed by atoms with Crippen LogP contribution < -0.4 is 11.1 Å². The Hall–Kier alpha value is -3.59. The van der Waals surface area contributed by atoms with Gasteiger partial charge < -0.3 is 30.3 Å². The van der Waals surface area contributed by atoms with E-state index in [0.29, 0.717) is 5.82 Å². The second-order valence-corrected chi connectivity index (χ2v) is 8.87. The highest BCUT2D eigenvalue weighted by Gasteiger charge is 2.55. The summed E-state index contributed by atoms with van der Waals surface area (Å²) in [5, 5.41) is 17.2. The summed E-state index contributed by atoms with van der Waals surface area (Å²) in [4.78, 5) is 51.5. The molecule has 4 heterocycles. The lowest BCUT2D eigenvalue weighted by Gasteiger charge is -2.48. The molecule has 174 valence electrons. The van der Waals surface area contributed by atoms with Crippen molar-refractivity contribution in [3.63, 3.8) is 0 Å². The van der Waals surface area contributed by atoms with Crippen LogP contribution in [0, 0.1) is 0 Å². The number of imidazole rings is 1. The van der Waals surface area contributed by atoms with Crippen LogP contribution in [0.25, 0.3) is 0 Å². The Morgan fingerprint density at radius 2 is 2.24 bits per heavy atom. The molecule has 33 heavy (non-hydrogen) atoms. The molecule has 1 fully saturated rings. The highest BCUT2D eigenvalue weighted by Crippen LogP contribution is 2.40. The van der Waals surface area contributed by atoms with Crippen molar-refractivity contribution in [2.45, 2.75) is 18.0 Å². The van der Waals surface area contributed by atoms with Crippen LogP contribution in [0.5, 0.6) is 0 Å². The molecular weight excluding hydrogens is 474 g/mol. The number of rotatable bonds is 8. The monoisotopic (exact) mass is 493 g/mol. The fourth-order valence-corrected chi connectivity index (χ4v) is 5.12. The molecule has 13 nitrogen and oxygen atoms in total. The summed E-state index contributed by atoms with van der Waals surface area (Å²) in [6, 6.07) is -0.953. The van der Waals surface area contributed by atoms with Gasteiger partial charge in [-0.25, -0.2) is 14.8 Å². The number of carboxylic acids is 1. The average Bonchev–Trinajstić information content (AvgIpc) is 3.40. The number of nitrogen functional groups attached to an aromatic ring is 1. The first kappa shape index (κ1) is 22.6. The maximum Gasteiger partial charge on any atom is 0.356 e. The van der Waals surface area contributed by atoms with Gasteiger partial charge in [0.15, 0.2) is 16.5 Å². The van der Waals surface area contributed by atoms with Gasteiger partial charge in [0.05, 0.1) is 5.75 Å². The van der Waals surface area contributed by atoms with Crippen LogP contribution in [0.1, 0.15) is 11.5 Å². The highest BCUT2D eigenvalue weighted by molar-refractivity contribution is 8.00. The van der Waals surface area contributed by atoms with E-state index in [1.54, 1.807) is 24.0 Å². The van der Waals surface area contributed by atoms with Crippen LogP contribution in [-0.4, -0.2) is 72.3 Å². The fraction of sp³-hybridized carbons (Fsp3) is 0.333. The van der Waals surface area contributed by atoms with Gasteiger partial charge in [0.25, 0.3) is 11.8 Å². The van der Waals surface area contributed by atoms with Gasteiger partial charge in [0.2, 0.25) is 0 Å². The molecule has 2 atom stereocenters. The molecule has 0 aliphatic carbocycles. The van der Waals surface area contributed by atoms with Crippen molar-refractivity contribution >= 4 is 51.7 Å². The van der Waals surface area contributed by atoms with Gasteiger partial charge >= 0.3 is 5.97 Å². The minimum absolute atomic E-state index is 0.0522. The van der Waals surface area contributed by atoms with Crippen LogP contribution in [0.2, 0.25) is 0 Å². The van der Waals surface area contributed by atoms with Crippen molar-refractivity contribution in [2.75, 3.05) is 18.6 Å². The zero-order valence-electron chi connectivity index (χ0n) is 17.4. The third kappa shape index (κ3) is 4.23. The van der Waals surface area contributed by atoms with Crippen molar-refractivity contribution in [2.24, 2.45) is 12.2 Å². The van der Waals surface area contributed by atoms with Gasteiger partial charge in [-0.2, -0.15) is 0 Å². The second-order valence-electron chi connectivity index (χ2n) is 6.87. The highest BCUT2D eigenvalue weighted by atomic mass is 32.2. The van der Waals surface area contributed by atoms with Gasteiger partial charge in [-0.15, -0.1) is 23.1 Å². The zero-order valence-corrected chi connectivity index (χ0v) is 19.1. The number of nitrogens with one attached hydrogen (secondary N) is 1. The maximum atomic E-state index is 12.8. The molecule has 4 rings (SSSR count). The lowest BCUT2D eigenvalue weighted by molar-refractivity contribution is -0.150. The van der Waals surface area contributed by atoms with Crippen LogP contribution in [-0.2, 0) is 37.6 Å². The molecule has 0 saturated carbocycles. The smallest absolute Gasteiger partial charge is 0.356 e. The van der Waals surface area contributed by atoms with E-state index in [4.69, 9.17) is 15.3 Å². The first-order valence-electron chi connectivity index (χ1n) is 9.45. The predicted molar refractivity (Wildman–Crippen MR) is 118 cm³/mol. The summed E-state index contributed by atoms with van der Waals surface area (Å²) in [5.41, 5.74) is 5.42. The molecule has 1 saturated heterocycles. The van der Waals surface area contributed by atoms with Gasteiger partial charge in [-0.05, 0) is 0 Å². The molecule has 2 aromatic heterocycles. The standard InChI is InChI=1S/C18H19N7O6S2/c1-24-4-3-20-10(24)5-31-9-7-32-16-12(15(27)25(16)13(9)17(28)29)22-14(26)11(23-30-2)8-6-33-18(19)21-8/h3-4,6,12,16H,5,7H2,1-2H3,(H2,19,21)(H,22,26)(H,28,29)/b23-11-/t12-,16-/m1/s1. The average molecular weight is 494 g/mol. The molecule has 15 heteroatoms. The Balaban J connectivity index is 1.49. The number of nitrogens with zero attached hydrogens (tertiary/aromatic N) is 5. The molecule has 0 radical (unpaired) electrons. The number of carbonyl (C=O) groups excluding carboxylic acids is 2. The second kappa shape index (κ2) is 9.11. The first-order chi connectivity index (χ1) is 15.8. The Labute approximate surface area is 195 Å². The van der Waals surface area contributed by atoms with E-state index < -0.39 is 29.2 Å². The number of aromatic nitrogens is 3. The number of nitrogens with two attached hydrogens (primary N) is 1. The normalized spacial score (nSPS) is 20.2. The number of thiazole rings is 1. The summed E-state index contributed by atoms with van der Waals surface area (Å²) >= 11 is 2.40. The van der Waals surface area contributed by atoms with E-state index in [0.717, 1.165) is 16.2 Å². The van der Waals surface area contributed by atoms with Crippen molar-refractivity contribution in [1.29, 1.82) is 0 Å². The van der Waals surface area contributed by atoms with Gasteiger partial charge in [-0.1, -0.05) is 5.16 Å². The summed E-state index contributed by atoms with van der Waals surface area (Å²) in [6.45, 7) is 0.0522. The number of β-lactam (4-membered cyclic amide) rings is 1. The number of ether oxygens (including phenoxy) is 1. The van der Waals surface area contributed by atoms with Crippen molar-refractivity contribution in [3.05, 3.63) is 40.7 Å². The maximum absolute atomic E-state index is 12.8. The van der Waals surface area contributed by atoms with Gasteiger partial charge in [-0.3, -0.25) is 14.5 Å². The molecule has 0 unspecified atom stereocenters. The van der Waals surface area contributed by atoms with Crippen molar-refractivity contribution in [3.8, 4) is 0 Å². The van der Waals surface area contributed by atoms with E-state index in [1.165, 1.54) is 24.3 Å². The molecule has 2 aliphatic rings. The van der Waals surface area contributed by atoms with E-state index in [1.807, 2.05) is 0 Å². The number of fused-ring (bicyclic) bond motifs is 1. The Kier molecular flexibility index (Phi) is 6.24. The molecule has 2 aliphatic heterocycles. The molecular formula is C18H19N7O6S2. The number of anilines is 1. The quantitative estimate of drug-likeness (QED) is 0.252. The molecule has 4 N–H and O–H groups in total. The number of carbonyl (C=O) groups is 3. The number of carboxylic acid groups (broad SMARTS) is 1. The number of amides is 2. The van der Waals surface area contributed by atoms with Crippen LogP contribution in [0.3, 0.4) is 0 Å². The number of aliphatic carboxylic acids is 1. The minimum atomic E-state index is -1.30. The van der Waals surface area contributed by atoms with Crippen molar-refractivity contribution < 1.29 is 29.1 Å². The zero-order chi connectivity index (χ0) is 23.7. The van der Waals surface area contributed by atoms with Crippen LogP contribution in [0.15, 0.2) is 34.4 Å². The summed E-state index contributed by atoms with van der Waals surface area (Å²) in [7, 11) is 3.06. The summed E-state index contributed by atoms with van der Waals surface area (Å²) < 4.78 is 7.43. The van der Waals surface area contributed by atoms with Crippen LogP contribution in [0.4, 0.5) is 5.13 Å². The minimum Gasteiger partial charge on any atom is -0.487 e. The first-order valence-corrected chi connectivity index (χ1v) is 11.4. The lowest BCUT2D eigenvalue weighted by Crippen LogP contribution is -2.71. The van der Waals surface area contributed by atoms with Gasteiger partial charge in [0, 0.05) is 24.8 Å². The topological polar surface area (TPSA) is 174 Å². The Morgan fingerprint density at radius 1 is 1.45 bits per heavy atom. The van der Waals surface area contributed by atoms with E-state index in [9.17, 15) is 19.5 Å². The third-order valence-corrected chi connectivity index (χ3v) is 6.81. The number of aryl methyl sites for hydroxylation is 1. The Morgan fingerprint density at radius 3 is 2.85 bits per heavy atom. The van der Waals surface area contributed by atoms with Crippen molar-refractivity contribution in [1.82, 2.24) is 24.8 Å².